The van der Waals surface area contributed by atoms with Crippen LogP contribution in [0, 0.1) is 0 Å². The van der Waals surface area contributed by atoms with E-state index in [4.69, 9.17) is 0 Å². The number of hydrogen-bond acceptors (Lipinski definition) is 5. The molecule has 0 spiro atoms. The molecule has 1 N–H and O–H groups in total. The predicted octanol–water partition coefficient (Wildman–Crippen LogP) is 2.95. The molecule has 2 heterocycles. The minimum Gasteiger partial charge on any atom is -0.321 e. The van der Waals surface area contributed by atoms with E-state index in [0.717, 1.165) is 9.35 Å². The Balaban J connectivity index is 1.84. The molecule has 0 aliphatic rings. The number of aryl methyl sites for hydroxylation is 1. The average molecular weight is 364 g/mol. The van der Waals surface area contributed by atoms with E-state index in [1.54, 1.807) is 17.8 Å². The number of thiophene rings is 1. The molecular weight excluding hydrogens is 354 g/mol. The number of halogens is 1. The minimum absolute atomic E-state index is 0.140. The van der Waals surface area contributed by atoms with E-state index in [9.17, 15) is 4.79 Å². The van der Waals surface area contributed by atoms with E-state index < -0.39 is 0 Å². The lowest BCUT2D eigenvalue weighted by Crippen LogP contribution is -2.10. The number of carbonyl (C=O) groups is 1. The lowest BCUT2D eigenvalue weighted by atomic mass is 10.2. The first-order chi connectivity index (χ1) is 10.1. The smallest absolute Gasteiger partial charge is 0.265 e. The van der Waals surface area contributed by atoms with Crippen LogP contribution in [0.4, 0.5) is 5.69 Å². The maximum Gasteiger partial charge on any atom is 0.265 e. The summed E-state index contributed by atoms with van der Waals surface area (Å²) in [7, 11) is 1.77. The third-order valence-corrected chi connectivity index (χ3v) is 4.42. The first-order valence-corrected chi connectivity index (χ1v) is 7.64. The Bertz CT molecular complexity index is 797. The molecule has 21 heavy (non-hydrogen) atoms. The van der Waals surface area contributed by atoms with Gasteiger partial charge in [0.15, 0.2) is 5.82 Å². The van der Waals surface area contributed by atoms with E-state index >= 15 is 0 Å². The van der Waals surface area contributed by atoms with Crippen molar-refractivity contribution in [2.75, 3.05) is 5.32 Å². The molecule has 1 aromatic carbocycles. The summed E-state index contributed by atoms with van der Waals surface area (Å²) >= 11 is 4.73. The van der Waals surface area contributed by atoms with Gasteiger partial charge >= 0.3 is 0 Å². The maximum absolute atomic E-state index is 12.1. The summed E-state index contributed by atoms with van der Waals surface area (Å²) in [6.07, 6.45) is 0. The summed E-state index contributed by atoms with van der Waals surface area (Å²) in [6, 6.07) is 11.0. The first kappa shape index (κ1) is 13.9. The van der Waals surface area contributed by atoms with Gasteiger partial charge in [-0.1, -0.05) is 12.1 Å². The molecule has 0 saturated heterocycles. The molecule has 1 amide bonds. The first-order valence-electron chi connectivity index (χ1n) is 6.03. The SMILES string of the molecule is Cn1nnnc1-c1cccc(NC(=O)c2ccc(Br)s2)c1. The summed E-state index contributed by atoms with van der Waals surface area (Å²) in [5.74, 6) is 0.504. The van der Waals surface area contributed by atoms with Crippen LogP contribution >= 0.6 is 27.3 Å². The van der Waals surface area contributed by atoms with Gasteiger partial charge in [-0.2, -0.15) is 0 Å². The van der Waals surface area contributed by atoms with Crippen molar-refractivity contribution in [2.45, 2.75) is 0 Å². The highest BCUT2D eigenvalue weighted by Gasteiger charge is 2.11. The largest absolute Gasteiger partial charge is 0.321 e. The van der Waals surface area contributed by atoms with E-state index in [1.165, 1.54) is 11.3 Å². The van der Waals surface area contributed by atoms with Crippen LogP contribution in [0.2, 0.25) is 0 Å². The van der Waals surface area contributed by atoms with Crippen molar-refractivity contribution in [1.82, 2.24) is 20.2 Å². The molecule has 8 heteroatoms. The Labute approximate surface area is 132 Å². The van der Waals surface area contributed by atoms with Crippen molar-refractivity contribution in [2.24, 2.45) is 7.05 Å². The lowest BCUT2D eigenvalue weighted by Gasteiger charge is -2.05. The van der Waals surface area contributed by atoms with Gasteiger partial charge in [-0.15, -0.1) is 16.4 Å². The van der Waals surface area contributed by atoms with E-state index in [-0.39, 0.29) is 5.91 Å². The fourth-order valence-electron chi connectivity index (χ4n) is 1.84. The normalized spacial score (nSPS) is 10.6. The fraction of sp³-hybridized carbons (Fsp3) is 0.0769. The zero-order valence-electron chi connectivity index (χ0n) is 10.9. The number of aromatic nitrogens is 4. The molecule has 0 saturated carbocycles. The summed E-state index contributed by atoms with van der Waals surface area (Å²) in [4.78, 5) is 12.8. The Morgan fingerprint density at radius 3 is 2.86 bits per heavy atom. The number of hydrogen-bond donors (Lipinski definition) is 1. The number of rotatable bonds is 3. The molecular formula is C13H10BrN5OS. The van der Waals surface area contributed by atoms with Crippen molar-refractivity contribution in [3.05, 3.63) is 45.1 Å². The van der Waals surface area contributed by atoms with E-state index in [2.05, 4.69) is 36.8 Å². The topological polar surface area (TPSA) is 72.7 Å². The zero-order chi connectivity index (χ0) is 14.8. The Hall–Kier alpha value is -2.06. The number of benzene rings is 1. The van der Waals surface area contributed by atoms with Gasteiger partial charge in [-0.25, -0.2) is 4.68 Å². The summed E-state index contributed by atoms with van der Waals surface area (Å²) in [5.41, 5.74) is 1.54. The number of tetrazole rings is 1. The number of nitrogens with one attached hydrogen (secondary N) is 1. The summed E-state index contributed by atoms with van der Waals surface area (Å²) < 4.78 is 2.50. The molecule has 3 rings (SSSR count). The molecule has 3 aromatic rings. The van der Waals surface area contributed by atoms with Gasteiger partial charge < -0.3 is 5.32 Å². The van der Waals surface area contributed by atoms with Crippen molar-refractivity contribution in [3.63, 3.8) is 0 Å². The highest BCUT2D eigenvalue weighted by molar-refractivity contribution is 9.11. The zero-order valence-corrected chi connectivity index (χ0v) is 13.3. The minimum atomic E-state index is -0.140. The van der Waals surface area contributed by atoms with Crippen LogP contribution < -0.4 is 5.32 Å². The van der Waals surface area contributed by atoms with Gasteiger partial charge in [0.1, 0.15) is 0 Å². The number of anilines is 1. The number of nitrogens with zero attached hydrogens (tertiary/aromatic N) is 4. The van der Waals surface area contributed by atoms with Crippen molar-refractivity contribution >= 4 is 38.9 Å². The van der Waals surface area contributed by atoms with Gasteiger partial charge in [0, 0.05) is 18.3 Å². The van der Waals surface area contributed by atoms with Crippen LogP contribution in [0.15, 0.2) is 40.2 Å². The monoisotopic (exact) mass is 363 g/mol. The second-order valence-corrected chi connectivity index (χ2v) is 6.73. The fourth-order valence-corrected chi connectivity index (χ4v) is 3.12. The van der Waals surface area contributed by atoms with Crippen molar-refractivity contribution in [1.29, 1.82) is 0 Å². The third-order valence-electron chi connectivity index (χ3n) is 2.80. The van der Waals surface area contributed by atoms with Crippen LogP contribution in [0.5, 0.6) is 0 Å². The molecule has 6 nitrogen and oxygen atoms in total. The molecule has 0 fully saturated rings. The van der Waals surface area contributed by atoms with Crippen LogP contribution in [0.3, 0.4) is 0 Å². The molecule has 2 aromatic heterocycles. The van der Waals surface area contributed by atoms with E-state index in [1.807, 2.05) is 30.3 Å². The van der Waals surface area contributed by atoms with Crippen LogP contribution in [0.25, 0.3) is 11.4 Å². The number of amides is 1. The molecule has 0 aliphatic carbocycles. The second-order valence-electron chi connectivity index (χ2n) is 4.26. The summed E-state index contributed by atoms with van der Waals surface area (Å²) in [6.45, 7) is 0. The Morgan fingerprint density at radius 1 is 1.33 bits per heavy atom. The predicted molar refractivity (Wildman–Crippen MR) is 84.2 cm³/mol. The molecule has 106 valence electrons. The quantitative estimate of drug-likeness (QED) is 0.776. The molecule has 0 unspecified atom stereocenters. The molecule has 0 atom stereocenters. The number of carbonyl (C=O) groups excluding carboxylic acids is 1. The van der Waals surface area contributed by atoms with Gasteiger partial charge in [0.05, 0.1) is 8.66 Å². The Kier molecular flexibility index (Phi) is 3.80. The summed E-state index contributed by atoms with van der Waals surface area (Å²) in [5, 5.41) is 14.2. The van der Waals surface area contributed by atoms with Gasteiger partial charge in [-0.05, 0) is 50.6 Å². The van der Waals surface area contributed by atoms with Crippen molar-refractivity contribution < 1.29 is 4.79 Å². The van der Waals surface area contributed by atoms with Crippen LogP contribution in [-0.2, 0) is 7.05 Å². The lowest BCUT2D eigenvalue weighted by molar-refractivity contribution is 0.103. The molecule has 0 bridgehead atoms. The van der Waals surface area contributed by atoms with Gasteiger partial charge in [-0.3, -0.25) is 4.79 Å². The highest BCUT2D eigenvalue weighted by atomic mass is 79.9. The standard InChI is InChI=1S/C13H10BrN5OS/c1-19-12(16-17-18-19)8-3-2-4-9(7-8)15-13(20)10-5-6-11(14)21-10/h2-7H,1H3,(H,15,20). The third kappa shape index (κ3) is 3.01. The molecule has 0 aliphatic heterocycles. The average Bonchev–Trinajstić information content (AvgIpc) is 3.08. The molecule has 0 radical (unpaired) electrons. The highest BCUT2D eigenvalue weighted by Crippen LogP contribution is 2.24. The maximum atomic E-state index is 12.1. The second kappa shape index (κ2) is 5.74. The van der Waals surface area contributed by atoms with Crippen LogP contribution in [-0.4, -0.2) is 26.1 Å². The Morgan fingerprint density at radius 2 is 2.19 bits per heavy atom. The van der Waals surface area contributed by atoms with Gasteiger partial charge in [0.25, 0.3) is 5.91 Å². The van der Waals surface area contributed by atoms with Gasteiger partial charge in [0.2, 0.25) is 0 Å². The van der Waals surface area contributed by atoms with Crippen molar-refractivity contribution in [3.8, 4) is 11.4 Å². The van der Waals surface area contributed by atoms with Crippen LogP contribution in [0.1, 0.15) is 9.67 Å². The van der Waals surface area contributed by atoms with E-state index in [0.29, 0.717) is 16.4 Å².